The summed E-state index contributed by atoms with van der Waals surface area (Å²) in [5, 5.41) is 4.33. The number of benzene rings is 1. The van der Waals surface area contributed by atoms with Gasteiger partial charge in [-0.3, -0.25) is 4.68 Å². The van der Waals surface area contributed by atoms with Gasteiger partial charge in [0.2, 0.25) is 0 Å². The van der Waals surface area contributed by atoms with Gasteiger partial charge in [0.1, 0.15) is 5.82 Å². The molecule has 1 saturated carbocycles. The topological polar surface area (TPSA) is 46.5 Å². The molecule has 0 bridgehead atoms. The Balaban J connectivity index is 1.98. The molecule has 1 aliphatic carbocycles. The largest absolute Gasteiger partial charge is 0.342 e. The Morgan fingerprint density at radius 3 is 2.84 bits per heavy atom. The molecule has 19 heavy (non-hydrogen) atoms. The van der Waals surface area contributed by atoms with Gasteiger partial charge in [-0.05, 0) is 31.4 Å². The average molecular weight is 252 g/mol. The predicted octanol–water partition coefficient (Wildman–Crippen LogP) is 3.15. The average Bonchev–Trinajstić information content (AvgIpc) is 3.08. The second-order valence-electron chi connectivity index (χ2n) is 5.40. The SMILES string of the molecule is Cc1cnn(C)c1-c1cccc2[nH]c(C3CC3)nc12. The van der Waals surface area contributed by atoms with Crippen LogP contribution in [0.3, 0.4) is 0 Å². The number of para-hydroxylation sites is 1. The minimum atomic E-state index is 0.646. The fourth-order valence-corrected chi connectivity index (χ4v) is 2.73. The zero-order valence-electron chi connectivity index (χ0n) is 11.1. The summed E-state index contributed by atoms with van der Waals surface area (Å²) in [4.78, 5) is 8.27. The Hall–Kier alpha value is -2.10. The molecule has 1 N–H and O–H groups in total. The highest BCUT2D eigenvalue weighted by atomic mass is 15.3. The maximum atomic E-state index is 4.82. The standard InChI is InChI=1S/C15H16N4/c1-9-8-16-19(2)14(9)11-4-3-5-12-13(11)18-15(17-12)10-6-7-10/h3-5,8,10H,6-7H2,1-2H3,(H,17,18). The summed E-state index contributed by atoms with van der Waals surface area (Å²) in [5.41, 5.74) is 5.69. The van der Waals surface area contributed by atoms with E-state index in [1.54, 1.807) is 0 Å². The van der Waals surface area contributed by atoms with Gasteiger partial charge in [0.15, 0.2) is 0 Å². The van der Waals surface area contributed by atoms with Crippen molar-refractivity contribution < 1.29 is 0 Å². The number of aromatic nitrogens is 4. The molecule has 0 atom stereocenters. The van der Waals surface area contributed by atoms with E-state index >= 15 is 0 Å². The molecular formula is C15H16N4. The highest BCUT2D eigenvalue weighted by molar-refractivity contribution is 5.91. The first-order valence-corrected chi connectivity index (χ1v) is 6.71. The van der Waals surface area contributed by atoms with Crippen molar-refractivity contribution in [2.24, 2.45) is 7.05 Å². The van der Waals surface area contributed by atoms with Gasteiger partial charge >= 0.3 is 0 Å². The van der Waals surface area contributed by atoms with Crippen LogP contribution in [-0.4, -0.2) is 19.7 Å². The maximum Gasteiger partial charge on any atom is 0.110 e. The van der Waals surface area contributed by atoms with Crippen LogP contribution in [0.4, 0.5) is 0 Å². The minimum absolute atomic E-state index is 0.646. The van der Waals surface area contributed by atoms with E-state index < -0.39 is 0 Å². The first kappa shape index (κ1) is 10.8. The van der Waals surface area contributed by atoms with Crippen molar-refractivity contribution in [3.05, 3.63) is 35.8 Å². The van der Waals surface area contributed by atoms with Crippen molar-refractivity contribution in [3.8, 4) is 11.3 Å². The number of hydrogen-bond donors (Lipinski definition) is 1. The quantitative estimate of drug-likeness (QED) is 0.761. The minimum Gasteiger partial charge on any atom is -0.342 e. The Kier molecular flexibility index (Phi) is 2.10. The fraction of sp³-hybridized carbons (Fsp3) is 0.333. The lowest BCUT2D eigenvalue weighted by molar-refractivity contribution is 0.776. The fourth-order valence-electron chi connectivity index (χ4n) is 2.73. The zero-order chi connectivity index (χ0) is 13.0. The van der Waals surface area contributed by atoms with Crippen molar-refractivity contribution in [1.82, 2.24) is 19.7 Å². The molecule has 0 aliphatic heterocycles. The van der Waals surface area contributed by atoms with Crippen molar-refractivity contribution >= 4 is 11.0 Å². The molecule has 4 nitrogen and oxygen atoms in total. The molecule has 4 heteroatoms. The number of fused-ring (bicyclic) bond motifs is 1. The second-order valence-corrected chi connectivity index (χ2v) is 5.40. The Morgan fingerprint density at radius 1 is 1.32 bits per heavy atom. The number of nitrogens with zero attached hydrogens (tertiary/aromatic N) is 3. The summed E-state index contributed by atoms with van der Waals surface area (Å²) in [5.74, 6) is 1.79. The normalized spacial score (nSPS) is 15.3. The number of rotatable bonds is 2. The van der Waals surface area contributed by atoms with Crippen LogP contribution < -0.4 is 0 Å². The van der Waals surface area contributed by atoms with Crippen LogP contribution >= 0.6 is 0 Å². The number of imidazole rings is 1. The lowest BCUT2D eigenvalue weighted by Gasteiger charge is -2.04. The van der Waals surface area contributed by atoms with Crippen molar-refractivity contribution in [3.63, 3.8) is 0 Å². The highest BCUT2D eigenvalue weighted by Gasteiger charge is 2.27. The number of hydrogen-bond acceptors (Lipinski definition) is 2. The zero-order valence-corrected chi connectivity index (χ0v) is 11.1. The summed E-state index contributed by atoms with van der Waals surface area (Å²) in [6.07, 6.45) is 4.43. The Morgan fingerprint density at radius 2 is 2.16 bits per heavy atom. The van der Waals surface area contributed by atoms with Gasteiger partial charge in [-0.15, -0.1) is 0 Å². The van der Waals surface area contributed by atoms with E-state index in [0.29, 0.717) is 5.92 Å². The Bertz CT molecular complexity index is 742. The van der Waals surface area contributed by atoms with Crippen molar-refractivity contribution in [1.29, 1.82) is 0 Å². The van der Waals surface area contributed by atoms with E-state index in [2.05, 4.69) is 35.2 Å². The molecule has 2 heterocycles. The Labute approximate surface area is 111 Å². The smallest absolute Gasteiger partial charge is 0.110 e. The van der Waals surface area contributed by atoms with E-state index in [0.717, 1.165) is 28.1 Å². The molecule has 0 amide bonds. The van der Waals surface area contributed by atoms with Gasteiger partial charge in [-0.1, -0.05) is 12.1 Å². The van der Waals surface area contributed by atoms with E-state index in [1.165, 1.54) is 18.4 Å². The van der Waals surface area contributed by atoms with E-state index in [4.69, 9.17) is 4.98 Å². The third kappa shape index (κ3) is 1.59. The van der Waals surface area contributed by atoms with Crippen molar-refractivity contribution in [2.75, 3.05) is 0 Å². The van der Waals surface area contributed by atoms with Crippen LogP contribution in [0.1, 0.15) is 30.1 Å². The molecule has 2 aromatic heterocycles. The van der Waals surface area contributed by atoms with Gasteiger partial charge < -0.3 is 4.98 Å². The summed E-state index contributed by atoms with van der Waals surface area (Å²) in [7, 11) is 1.98. The molecule has 1 aliphatic rings. The van der Waals surface area contributed by atoms with Gasteiger partial charge in [-0.2, -0.15) is 5.10 Å². The molecule has 1 aromatic carbocycles. The lowest BCUT2D eigenvalue weighted by Crippen LogP contribution is -1.95. The molecule has 1 fully saturated rings. The van der Waals surface area contributed by atoms with Gasteiger partial charge in [-0.25, -0.2) is 4.98 Å². The van der Waals surface area contributed by atoms with Crippen LogP contribution in [0.15, 0.2) is 24.4 Å². The third-order valence-electron chi connectivity index (χ3n) is 3.87. The summed E-state index contributed by atoms with van der Waals surface area (Å²) in [6.45, 7) is 2.09. The predicted molar refractivity (Wildman–Crippen MR) is 75.0 cm³/mol. The summed E-state index contributed by atoms with van der Waals surface area (Å²) < 4.78 is 1.93. The molecule has 96 valence electrons. The molecule has 0 saturated heterocycles. The van der Waals surface area contributed by atoms with Crippen LogP contribution in [0, 0.1) is 6.92 Å². The second kappa shape index (κ2) is 3.70. The first-order chi connectivity index (χ1) is 9.24. The monoisotopic (exact) mass is 252 g/mol. The molecule has 0 radical (unpaired) electrons. The number of aromatic amines is 1. The molecular weight excluding hydrogens is 236 g/mol. The van der Waals surface area contributed by atoms with Crippen LogP contribution in [0.25, 0.3) is 22.3 Å². The summed E-state index contributed by atoms with van der Waals surface area (Å²) in [6, 6.07) is 6.31. The van der Waals surface area contributed by atoms with Crippen molar-refractivity contribution in [2.45, 2.75) is 25.7 Å². The highest BCUT2D eigenvalue weighted by Crippen LogP contribution is 2.40. The third-order valence-corrected chi connectivity index (χ3v) is 3.87. The number of nitrogens with one attached hydrogen (secondary N) is 1. The van der Waals surface area contributed by atoms with Crippen LogP contribution in [-0.2, 0) is 7.05 Å². The van der Waals surface area contributed by atoms with Crippen LogP contribution in [0.2, 0.25) is 0 Å². The van der Waals surface area contributed by atoms with Gasteiger partial charge in [0, 0.05) is 18.5 Å². The maximum absolute atomic E-state index is 4.82. The number of H-pyrrole nitrogens is 1. The molecule has 4 rings (SSSR count). The summed E-state index contributed by atoms with van der Waals surface area (Å²) >= 11 is 0. The number of aryl methyl sites for hydroxylation is 2. The van der Waals surface area contributed by atoms with E-state index in [1.807, 2.05) is 17.9 Å². The first-order valence-electron chi connectivity index (χ1n) is 6.71. The molecule has 0 unspecified atom stereocenters. The molecule has 0 spiro atoms. The van der Waals surface area contributed by atoms with E-state index in [-0.39, 0.29) is 0 Å². The van der Waals surface area contributed by atoms with E-state index in [9.17, 15) is 0 Å². The van der Waals surface area contributed by atoms with Gasteiger partial charge in [0.05, 0.1) is 22.9 Å². The van der Waals surface area contributed by atoms with Crippen LogP contribution in [0.5, 0.6) is 0 Å². The van der Waals surface area contributed by atoms with Gasteiger partial charge in [0.25, 0.3) is 0 Å². The molecule has 3 aromatic rings. The lowest BCUT2D eigenvalue weighted by atomic mass is 10.1.